The quantitative estimate of drug-likeness (QED) is 0.264. The van der Waals surface area contributed by atoms with Gasteiger partial charge in [-0.15, -0.1) is 0 Å². The zero-order valence-electron chi connectivity index (χ0n) is 24.3. The summed E-state index contributed by atoms with van der Waals surface area (Å²) in [6.45, 7) is 4.73. The predicted molar refractivity (Wildman–Crippen MR) is 159 cm³/mol. The number of carbonyl (C=O) groups excluding carboxylic acids is 1. The van der Waals surface area contributed by atoms with Crippen molar-refractivity contribution in [1.29, 1.82) is 0 Å². The lowest BCUT2D eigenvalue weighted by molar-refractivity contribution is -0.110. The Balaban J connectivity index is 0.000000194. The number of nitrogens with zero attached hydrogens (tertiary/aromatic N) is 5. The molecule has 2 N–H and O–H groups in total. The number of alkyl halides is 2. The van der Waals surface area contributed by atoms with E-state index in [9.17, 15) is 13.6 Å². The van der Waals surface area contributed by atoms with Crippen LogP contribution in [0, 0.1) is 6.92 Å². The van der Waals surface area contributed by atoms with E-state index < -0.39 is 6.43 Å². The van der Waals surface area contributed by atoms with Crippen LogP contribution >= 0.6 is 0 Å². The summed E-state index contributed by atoms with van der Waals surface area (Å²) in [6, 6.07) is 17.4. The molecule has 9 nitrogen and oxygen atoms in total. The number of hydrogen-bond donors (Lipinski definition) is 2. The lowest BCUT2D eigenvalue weighted by atomic mass is 9.93. The molecule has 0 aliphatic carbocycles. The summed E-state index contributed by atoms with van der Waals surface area (Å²) < 4.78 is 32.3. The second-order valence-corrected chi connectivity index (χ2v) is 9.91. The number of aryl methyl sites for hydroxylation is 1. The lowest BCUT2D eigenvalue weighted by Gasteiger charge is -2.20. The van der Waals surface area contributed by atoms with Crippen LogP contribution in [-0.4, -0.2) is 77.3 Å². The maximum atomic E-state index is 12.5. The molecule has 1 fully saturated rings. The average Bonchev–Trinajstić information content (AvgIpc) is 3.57. The molecule has 0 saturated carbocycles. The van der Waals surface area contributed by atoms with E-state index in [2.05, 4.69) is 27.5 Å². The molecule has 222 valence electrons. The standard InChI is InChI=1S/C17H19N5.C14H18F2N2O2/c1-4-15-19-10-13(11-20-15)16-12(2)17(18-3)22(21-16)14-8-6-5-7-9-14;1-20-13-5-3-2-4-10(13)11-6-18(8-14(15)16)7-12(11)17-9-19/h5-11,18H,4H2,1-3H3;2-5,9,11-12,14H,6-8H2,1H3,(H,17,19)/t;11-,12?/m.0/s1. The van der Waals surface area contributed by atoms with E-state index in [1.807, 2.05) is 85.6 Å². The number of nitrogens with one attached hydrogen (secondary N) is 2. The van der Waals surface area contributed by atoms with Crippen LogP contribution in [0.25, 0.3) is 16.9 Å². The highest BCUT2D eigenvalue weighted by molar-refractivity contribution is 5.69. The molecule has 2 aromatic heterocycles. The summed E-state index contributed by atoms with van der Waals surface area (Å²) in [5.74, 6) is 2.49. The molecule has 0 spiro atoms. The molecule has 4 aromatic rings. The summed E-state index contributed by atoms with van der Waals surface area (Å²) in [4.78, 5) is 21.1. The SMILES string of the molecule is CCc1ncc(-c2nn(-c3ccccc3)c(NC)c2C)cn1.COc1ccccc1[C@@H]1CN(CC(F)F)CC1NC=O. The van der Waals surface area contributed by atoms with Gasteiger partial charge < -0.3 is 15.4 Å². The van der Waals surface area contributed by atoms with Crippen LogP contribution in [0.15, 0.2) is 67.0 Å². The van der Waals surface area contributed by atoms with Crippen LogP contribution in [0.4, 0.5) is 14.6 Å². The minimum absolute atomic E-state index is 0.0462. The van der Waals surface area contributed by atoms with Crippen molar-refractivity contribution in [2.75, 3.05) is 39.1 Å². The van der Waals surface area contributed by atoms with E-state index in [0.29, 0.717) is 25.2 Å². The lowest BCUT2D eigenvalue weighted by Crippen LogP contribution is -2.35. The number of para-hydroxylation sites is 2. The van der Waals surface area contributed by atoms with Crippen molar-refractivity contribution in [2.24, 2.45) is 0 Å². The molecular weight excluding hydrogens is 540 g/mol. The molecule has 1 aliphatic heterocycles. The number of likely N-dealkylation sites (tertiary alicyclic amines) is 1. The molecule has 3 heterocycles. The van der Waals surface area contributed by atoms with Crippen molar-refractivity contribution in [3.05, 3.63) is 83.9 Å². The number of anilines is 1. The average molecular weight is 578 g/mol. The third kappa shape index (κ3) is 7.09. The minimum atomic E-state index is -2.37. The molecule has 1 aliphatic rings. The second kappa shape index (κ2) is 14.5. The molecule has 1 amide bonds. The topological polar surface area (TPSA) is 97.2 Å². The maximum absolute atomic E-state index is 12.5. The van der Waals surface area contributed by atoms with Gasteiger partial charge in [0, 0.05) is 67.6 Å². The van der Waals surface area contributed by atoms with E-state index in [4.69, 9.17) is 9.84 Å². The fourth-order valence-electron chi connectivity index (χ4n) is 5.25. The Morgan fingerprint density at radius 2 is 1.76 bits per heavy atom. The van der Waals surface area contributed by atoms with Gasteiger partial charge in [-0.2, -0.15) is 5.10 Å². The third-order valence-corrected chi connectivity index (χ3v) is 7.27. The number of aromatic nitrogens is 4. The van der Waals surface area contributed by atoms with Gasteiger partial charge in [0.15, 0.2) is 0 Å². The molecular formula is C31H37F2N7O2. The Bertz CT molecular complexity index is 1430. The minimum Gasteiger partial charge on any atom is -0.496 e. The molecule has 42 heavy (non-hydrogen) atoms. The van der Waals surface area contributed by atoms with E-state index in [1.54, 1.807) is 12.0 Å². The molecule has 2 atom stereocenters. The van der Waals surface area contributed by atoms with E-state index in [0.717, 1.165) is 46.1 Å². The van der Waals surface area contributed by atoms with Crippen LogP contribution in [-0.2, 0) is 11.2 Å². The highest BCUT2D eigenvalue weighted by Crippen LogP contribution is 2.34. The van der Waals surface area contributed by atoms with E-state index >= 15 is 0 Å². The summed E-state index contributed by atoms with van der Waals surface area (Å²) in [5.41, 5.74) is 4.87. The van der Waals surface area contributed by atoms with Gasteiger partial charge in [0.25, 0.3) is 6.43 Å². The van der Waals surface area contributed by atoms with Gasteiger partial charge in [-0.1, -0.05) is 43.3 Å². The first-order chi connectivity index (χ1) is 20.4. The zero-order valence-corrected chi connectivity index (χ0v) is 24.3. The van der Waals surface area contributed by atoms with Gasteiger partial charge in [-0.05, 0) is 25.1 Å². The van der Waals surface area contributed by atoms with E-state index in [-0.39, 0.29) is 18.5 Å². The normalized spacial score (nSPS) is 16.5. The van der Waals surface area contributed by atoms with Crippen LogP contribution in [0.2, 0.25) is 0 Å². The van der Waals surface area contributed by atoms with Gasteiger partial charge in [0.2, 0.25) is 6.41 Å². The first-order valence-electron chi connectivity index (χ1n) is 13.9. The Morgan fingerprint density at radius 3 is 2.38 bits per heavy atom. The monoisotopic (exact) mass is 577 g/mol. The van der Waals surface area contributed by atoms with Crippen LogP contribution in [0.5, 0.6) is 5.75 Å². The largest absolute Gasteiger partial charge is 0.496 e. The van der Waals surface area contributed by atoms with Crippen molar-refractivity contribution >= 4 is 12.2 Å². The fourth-order valence-corrected chi connectivity index (χ4v) is 5.25. The van der Waals surface area contributed by atoms with Gasteiger partial charge in [-0.3, -0.25) is 9.69 Å². The Morgan fingerprint density at radius 1 is 1.07 bits per heavy atom. The smallest absolute Gasteiger partial charge is 0.251 e. The Kier molecular flexibility index (Phi) is 10.6. The molecule has 2 aromatic carbocycles. The maximum Gasteiger partial charge on any atom is 0.251 e. The van der Waals surface area contributed by atoms with Gasteiger partial charge in [-0.25, -0.2) is 23.4 Å². The van der Waals surface area contributed by atoms with Crippen molar-refractivity contribution in [2.45, 2.75) is 38.7 Å². The van der Waals surface area contributed by atoms with Crippen molar-refractivity contribution in [3.63, 3.8) is 0 Å². The number of amides is 1. The number of halogens is 2. The van der Waals surface area contributed by atoms with Crippen LogP contribution < -0.4 is 15.4 Å². The van der Waals surface area contributed by atoms with Gasteiger partial charge >= 0.3 is 0 Å². The number of benzene rings is 2. The number of ether oxygens (including phenoxy) is 1. The first-order valence-corrected chi connectivity index (χ1v) is 13.9. The molecule has 1 unspecified atom stereocenters. The van der Waals surface area contributed by atoms with Crippen molar-refractivity contribution in [1.82, 2.24) is 30.0 Å². The number of methoxy groups -OCH3 is 1. The molecule has 0 bridgehead atoms. The third-order valence-electron chi connectivity index (χ3n) is 7.27. The Hall–Kier alpha value is -4.38. The number of hydrogen-bond acceptors (Lipinski definition) is 7. The molecule has 11 heteroatoms. The molecule has 0 radical (unpaired) electrons. The van der Waals surface area contributed by atoms with E-state index in [1.165, 1.54) is 0 Å². The number of rotatable bonds is 10. The van der Waals surface area contributed by atoms with Gasteiger partial charge in [0.1, 0.15) is 23.1 Å². The highest BCUT2D eigenvalue weighted by Gasteiger charge is 2.36. The predicted octanol–water partition coefficient (Wildman–Crippen LogP) is 4.72. The Labute approximate surface area is 244 Å². The number of carbonyl (C=O) groups is 1. The summed E-state index contributed by atoms with van der Waals surface area (Å²) in [7, 11) is 3.48. The van der Waals surface area contributed by atoms with Crippen molar-refractivity contribution < 1.29 is 18.3 Å². The summed E-state index contributed by atoms with van der Waals surface area (Å²) in [5, 5.41) is 10.7. The first kappa shape index (κ1) is 30.6. The van der Waals surface area contributed by atoms with Crippen LogP contribution in [0.3, 0.4) is 0 Å². The summed E-state index contributed by atoms with van der Waals surface area (Å²) in [6.07, 6.45) is 2.77. The zero-order chi connectivity index (χ0) is 30.1. The summed E-state index contributed by atoms with van der Waals surface area (Å²) >= 11 is 0. The van der Waals surface area contributed by atoms with Crippen molar-refractivity contribution in [3.8, 4) is 22.7 Å². The van der Waals surface area contributed by atoms with Crippen LogP contribution in [0.1, 0.15) is 29.8 Å². The van der Waals surface area contributed by atoms with Gasteiger partial charge in [0.05, 0.1) is 19.3 Å². The molecule has 1 saturated heterocycles. The highest BCUT2D eigenvalue weighted by atomic mass is 19.3. The molecule has 5 rings (SSSR count). The fraction of sp³-hybridized carbons (Fsp3) is 0.355. The second-order valence-electron chi connectivity index (χ2n) is 9.91.